The summed E-state index contributed by atoms with van der Waals surface area (Å²) in [6.45, 7) is 5.53. The third-order valence-corrected chi connectivity index (χ3v) is 4.19. The molecule has 0 aliphatic carbocycles. The summed E-state index contributed by atoms with van der Waals surface area (Å²) < 4.78 is 1.98. The van der Waals surface area contributed by atoms with Crippen LogP contribution in [0.5, 0.6) is 0 Å². The van der Waals surface area contributed by atoms with Crippen LogP contribution in [0, 0.1) is 13.8 Å². The highest BCUT2D eigenvalue weighted by Gasteiger charge is 2.16. The molecule has 0 atom stereocenters. The van der Waals surface area contributed by atoms with E-state index in [0.717, 1.165) is 40.9 Å². The van der Waals surface area contributed by atoms with Crippen molar-refractivity contribution in [2.24, 2.45) is 4.99 Å². The fourth-order valence-electron chi connectivity index (χ4n) is 3.21. The second-order valence-electron chi connectivity index (χ2n) is 6.15. The number of fused-ring (bicyclic) bond motifs is 3. The lowest BCUT2D eigenvalue weighted by Gasteiger charge is -2.08. The molecule has 3 aromatic rings. The van der Waals surface area contributed by atoms with Crippen LogP contribution in [0.3, 0.4) is 0 Å². The zero-order valence-corrected chi connectivity index (χ0v) is 13.7. The maximum Gasteiger partial charge on any atom is 0.280 e. The summed E-state index contributed by atoms with van der Waals surface area (Å²) in [6.07, 6.45) is 0. The summed E-state index contributed by atoms with van der Waals surface area (Å²) in [5.74, 6) is 0.721. The monoisotopic (exact) mass is 318 g/mol. The van der Waals surface area contributed by atoms with Crippen molar-refractivity contribution in [2.75, 3.05) is 11.9 Å². The van der Waals surface area contributed by atoms with E-state index in [-0.39, 0.29) is 5.91 Å². The van der Waals surface area contributed by atoms with Crippen LogP contribution in [0.15, 0.2) is 47.5 Å². The molecule has 0 saturated heterocycles. The largest absolute Gasteiger partial charge is 0.369 e. The van der Waals surface area contributed by atoms with Gasteiger partial charge in [-0.15, -0.1) is 0 Å². The lowest BCUT2D eigenvalue weighted by atomic mass is 10.1. The van der Waals surface area contributed by atoms with Crippen LogP contribution in [0.4, 0.5) is 5.82 Å². The van der Waals surface area contributed by atoms with Crippen LogP contribution in [-0.2, 0) is 6.54 Å². The number of rotatable bonds is 1. The van der Waals surface area contributed by atoms with Gasteiger partial charge in [-0.3, -0.25) is 9.36 Å². The van der Waals surface area contributed by atoms with Crippen molar-refractivity contribution in [3.05, 3.63) is 64.8 Å². The number of benzene rings is 2. The van der Waals surface area contributed by atoms with Gasteiger partial charge < -0.3 is 5.32 Å². The molecule has 0 bridgehead atoms. The Hall–Kier alpha value is -2.95. The Bertz CT molecular complexity index is 1010. The third-order valence-electron chi connectivity index (χ3n) is 4.19. The minimum absolute atomic E-state index is 0.258. The lowest BCUT2D eigenvalue weighted by molar-refractivity contribution is 0.0996. The summed E-state index contributed by atoms with van der Waals surface area (Å²) in [6, 6.07) is 13.7. The van der Waals surface area contributed by atoms with Crippen molar-refractivity contribution in [1.82, 2.24) is 9.55 Å². The second-order valence-corrected chi connectivity index (χ2v) is 6.15. The summed E-state index contributed by atoms with van der Waals surface area (Å²) in [7, 11) is 0. The fourth-order valence-corrected chi connectivity index (χ4v) is 3.21. The molecular formula is C19H18N4O. The number of para-hydroxylation sites is 1. The maximum atomic E-state index is 12.6. The Balaban J connectivity index is 1.90. The van der Waals surface area contributed by atoms with E-state index in [2.05, 4.69) is 15.3 Å². The summed E-state index contributed by atoms with van der Waals surface area (Å²) in [5, 5.41) is 4.42. The van der Waals surface area contributed by atoms with Crippen molar-refractivity contribution < 1.29 is 4.79 Å². The van der Waals surface area contributed by atoms with Crippen LogP contribution >= 0.6 is 0 Å². The minimum atomic E-state index is -0.258. The topological polar surface area (TPSA) is 59.3 Å². The molecule has 4 rings (SSSR count). The normalized spacial score (nSPS) is 13.8. The number of carbonyl (C=O) groups excluding carboxylic acids is 1. The first-order valence-electron chi connectivity index (χ1n) is 8.02. The van der Waals surface area contributed by atoms with Gasteiger partial charge in [-0.25, -0.2) is 4.98 Å². The number of amides is 1. The molecule has 2 heterocycles. The van der Waals surface area contributed by atoms with E-state index >= 15 is 0 Å². The first kappa shape index (κ1) is 14.6. The van der Waals surface area contributed by atoms with Crippen LogP contribution in [-0.4, -0.2) is 22.0 Å². The Kier molecular flexibility index (Phi) is 3.41. The number of nitrogens with zero attached hydrogens (tertiary/aromatic N) is 3. The molecule has 0 unspecified atom stereocenters. The molecule has 1 amide bonds. The Morgan fingerprint density at radius 1 is 1.17 bits per heavy atom. The summed E-state index contributed by atoms with van der Waals surface area (Å²) in [5.41, 5.74) is 4.00. The number of hydrogen-bond acceptors (Lipinski definition) is 3. The summed E-state index contributed by atoms with van der Waals surface area (Å²) in [4.78, 5) is 21.5. The van der Waals surface area contributed by atoms with E-state index < -0.39 is 0 Å². The average Bonchev–Trinajstić information content (AvgIpc) is 3.04. The molecule has 1 aliphatic heterocycles. The van der Waals surface area contributed by atoms with Gasteiger partial charge in [0.25, 0.3) is 5.91 Å². The molecule has 1 aromatic heterocycles. The molecule has 0 saturated carbocycles. The molecule has 1 aliphatic rings. The lowest BCUT2D eigenvalue weighted by Crippen LogP contribution is -2.24. The van der Waals surface area contributed by atoms with Crippen LogP contribution in [0.25, 0.3) is 10.9 Å². The van der Waals surface area contributed by atoms with Crippen LogP contribution in [0.2, 0.25) is 0 Å². The van der Waals surface area contributed by atoms with Crippen molar-refractivity contribution >= 4 is 22.6 Å². The quantitative estimate of drug-likeness (QED) is 0.750. The van der Waals surface area contributed by atoms with E-state index in [9.17, 15) is 4.79 Å². The number of aryl methyl sites for hydroxylation is 2. The zero-order chi connectivity index (χ0) is 16.7. The van der Waals surface area contributed by atoms with Crippen LogP contribution in [0.1, 0.15) is 21.5 Å². The number of carbonyl (C=O) groups is 1. The second kappa shape index (κ2) is 5.60. The van der Waals surface area contributed by atoms with Crippen LogP contribution < -0.4 is 10.9 Å². The highest BCUT2D eigenvalue weighted by molar-refractivity contribution is 5.95. The molecule has 24 heavy (non-hydrogen) atoms. The van der Waals surface area contributed by atoms with Crippen molar-refractivity contribution in [1.29, 1.82) is 0 Å². The zero-order valence-electron chi connectivity index (χ0n) is 13.7. The molecular weight excluding hydrogens is 300 g/mol. The van der Waals surface area contributed by atoms with Gasteiger partial charge >= 0.3 is 0 Å². The standard InChI is InChI=1S/C19H18N4O/c1-12-9-13(2)11-14(10-12)18(24)22-19-21-16-6-4-3-5-15(16)17-20-7-8-23(17)19/h3-6,9-11,20H,7-8H2,1-2H3. The van der Waals surface area contributed by atoms with Crippen molar-refractivity contribution in [3.63, 3.8) is 0 Å². The summed E-state index contributed by atoms with van der Waals surface area (Å²) >= 11 is 0. The van der Waals surface area contributed by atoms with E-state index in [0.29, 0.717) is 11.2 Å². The number of aromatic nitrogens is 2. The van der Waals surface area contributed by atoms with Gasteiger partial charge in [0.1, 0.15) is 5.82 Å². The van der Waals surface area contributed by atoms with Gasteiger partial charge in [0.2, 0.25) is 5.62 Å². The SMILES string of the molecule is Cc1cc(C)cc(C(=O)N=c2nc3ccccc3c3n2CCN3)c1. The maximum absolute atomic E-state index is 12.6. The van der Waals surface area contributed by atoms with Gasteiger partial charge in [0.15, 0.2) is 0 Å². The first-order valence-corrected chi connectivity index (χ1v) is 8.02. The van der Waals surface area contributed by atoms with Crippen molar-refractivity contribution in [2.45, 2.75) is 20.4 Å². The highest BCUT2D eigenvalue weighted by Crippen LogP contribution is 2.22. The predicted octanol–water partition coefficient (Wildman–Crippen LogP) is 2.82. The third kappa shape index (κ3) is 2.48. The predicted molar refractivity (Wildman–Crippen MR) is 94.0 cm³/mol. The van der Waals surface area contributed by atoms with Gasteiger partial charge in [0.05, 0.1) is 5.52 Å². The van der Waals surface area contributed by atoms with E-state index in [1.54, 1.807) is 0 Å². The molecule has 0 fully saturated rings. The molecule has 1 N–H and O–H groups in total. The number of nitrogens with one attached hydrogen (secondary N) is 1. The average molecular weight is 318 g/mol. The first-order chi connectivity index (χ1) is 11.6. The molecule has 0 spiro atoms. The molecule has 0 radical (unpaired) electrons. The Labute approximate surface area is 139 Å². The molecule has 5 nitrogen and oxygen atoms in total. The van der Waals surface area contributed by atoms with E-state index in [1.807, 2.05) is 60.9 Å². The van der Waals surface area contributed by atoms with Gasteiger partial charge in [0, 0.05) is 24.0 Å². The Morgan fingerprint density at radius 2 is 1.92 bits per heavy atom. The Morgan fingerprint density at radius 3 is 2.71 bits per heavy atom. The minimum Gasteiger partial charge on any atom is -0.369 e. The van der Waals surface area contributed by atoms with Gasteiger partial charge in [-0.2, -0.15) is 4.99 Å². The highest BCUT2D eigenvalue weighted by atomic mass is 16.1. The molecule has 5 heteroatoms. The van der Waals surface area contributed by atoms with E-state index in [4.69, 9.17) is 0 Å². The smallest absolute Gasteiger partial charge is 0.280 e. The van der Waals surface area contributed by atoms with Gasteiger partial charge in [-0.1, -0.05) is 29.3 Å². The number of anilines is 1. The molecule has 2 aromatic carbocycles. The number of hydrogen-bond donors (Lipinski definition) is 1. The van der Waals surface area contributed by atoms with E-state index in [1.165, 1.54) is 0 Å². The fraction of sp³-hybridized carbons (Fsp3) is 0.211. The van der Waals surface area contributed by atoms with Gasteiger partial charge in [-0.05, 0) is 38.1 Å². The van der Waals surface area contributed by atoms with Crippen molar-refractivity contribution in [3.8, 4) is 0 Å². The molecule has 120 valence electrons.